The van der Waals surface area contributed by atoms with Gasteiger partial charge in [0.1, 0.15) is 5.75 Å². The minimum atomic E-state index is 0.278. The predicted octanol–water partition coefficient (Wildman–Crippen LogP) is 5.12. The zero-order chi connectivity index (χ0) is 14.6. The Labute approximate surface area is 122 Å². The molecule has 0 aliphatic rings. The molecule has 1 rings (SSSR count). The second kappa shape index (κ2) is 6.87. The van der Waals surface area contributed by atoms with Crippen molar-refractivity contribution in [1.29, 1.82) is 0 Å². The molecule has 0 aliphatic heterocycles. The highest BCUT2D eigenvalue weighted by Gasteiger charge is 2.22. The summed E-state index contributed by atoms with van der Waals surface area (Å²) < 4.78 is 5.85. The molecule has 2 atom stereocenters. The van der Waals surface area contributed by atoms with Crippen molar-refractivity contribution in [3.63, 3.8) is 0 Å². The number of hydrogen-bond acceptors (Lipinski definition) is 1. The third kappa shape index (κ3) is 3.45. The van der Waals surface area contributed by atoms with Gasteiger partial charge >= 0.3 is 0 Å². The van der Waals surface area contributed by atoms with Crippen molar-refractivity contribution in [2.24, 2.45) is 5.92 Å². The van der Waals surface area contributed by atoms with Crippen LogP contribution in [0.2, 0.25) is 5.02 Å². The van der Waals surface area contributed by atoms with E-state index in [1.807, 2.05) is 26.8 Å². The van der Waals surface area contributed by atoms with E-state index in [0.29, 0.717) is 12.5 Å². The van der Waals surface area contributed by atoms with Crippen LogP contribution in [-0.2, 0) is 0 Å². The van der Waals surface area contributed by atoms with Crippen LogP contribution in [0.15, 0.2) is 6.07 Å². The molecular weight excluding hydrogens is 256 g/mol. The summed E-state index contributed by atoms with van der Waals surface area (Å²) in [7, 11) is 0. The normalized spacial score (nSPS) is 13.4. The highest BCUT2D eigenvalue weighted by atomic mass is 35.5. The Kier molecular flexibility index (Phi) is 5.76. The van der Waals surface area contributed by atoms with Crippen LogP contribution in [0.4, 0.5) is 0 Å². The molecule has 0 N–H and O–H groups in total. The Morgan fingerprint density at radius 3 is 2.47 bits per heavy atom. The van der Waals surface area contributed by atoms with Crippen LogP contribution in [0.3, 0.4) is 0 Å². The van der Waals surface area contributed by atoms with Gasteiger partial charge in [-0.25, -0.2) is 0 Å². The molecule has 2 heteroatoms. The SMILES string of the molecule is CC#CC(C)C(C)c1c(C)c(Cl)cc(C)c1OCC. The molecule has 0 radical (unpaired) electrons. The number of benzene rings is 1. The third-order valence-corrected chi connectivity index (χ3v) is 3.97. The number of aryl methyl sites for hydroxylation is 1. The molecule has 104 valence electrons. The lowest BCUT2D eigenvalue weighted by atomic mass is 9.85. The summed E-state index contributed by atoms with van der Waals surface area (Å²) in [6.45, 7) is 13.0. The van der Waals surface area contributed by atoms with Gasteiger partial charge in [-0.1, -0.05) is 31.4 Å². The van der Waals surface area contributed by atoms with E-state index in [9.17, 15) is 0 Å². The molecule has 0 bridgehead atoms. The maximum Gasteiger partial charge on any atom is 0.126 e. The molecule has 0 amide bonds. The standard InChI is InChI=1S/C17H23ClO/c1-7-9-11(3)13(5)16-14(6)15(18)10-12(4)17(16)19-8-2/h10-11,13H,8H2,1-6H3. The van der Waals surface area contributed by atoms with E-state index in [2.05, 4.69) is 32.6 Å². The van der Waals surface area contributed by atoms with Crippen LogP contribution < -0.4 is 4.74 Å². The molecular formula is C17H23ClO. The van der Waals surface area contributed by atoms with Gasteiger partial charge in [-0.3, -0.25) is 0 Å². The van der Waals surface area contributed by atoms with E-state index < -0.39 is 0 Å². The van der Waals surface area contributed by atoms with Crippen LogP contribution in [0, 0.1) is 31.6 Å². The minimum Gasteiger partial charge on any atom is -0.493 e. The monoisotopic (exact) mass is 278 g/mol. The van der Waals surface area contributed by atoms with Gasteiger partial charge in [0.15, 0.2) is 0 Å². The third-order valence-electron chi connectivity index (χ3n) is 3.57. The number of halogens is 1. The van der Waals surface area contributed by atoms with Crippen molar-refractivity contribution in [3.8, 4) is 17.6 Å². The van der Waals surface area contributed by atoms with Crippen LogP contribution in [0.5, 0.6) is 5.75 Å². The first-order chi connectivity index (χ1) is 8.93. The van der Waals surface area contributed by atoms with Gasteiger partial charge in [-0.05, 0) is 50.8 Å². The molecule has 0 saturated heterocycles. The maximum atomic E-state index is 6.33. The highest BCUT2D eigenvalue weighted by Crippen LogP contribution is 2.39. The molecule has 1 nitrogen and oxygen atoms in total. The van der Waals surface area contributed by atoms with Gasteiger partial charge < -0.3 is 4.74 Å². The van der Waals surface area contributed by atoms with Crippen LogP contribution in [0.25, 0.3) is 0 Å². The summed E-state index contributed by atoms with van der Waals surface area (Å²) in [6.07, 6.45) is 0. The topological polar surface area (TPSA) is 9.23 Å². The minimum absolute atomic E-state index is 0.278. The van der Waals surface area contributed by atoms with Gasteiger partial charge in [-0.15, -0.1) is 5.92 Å². The first-order valence-electron chi connectivity index (χ1n) is 6.78. The summed E-state index contributed by atoms with van der Waals surface area (Å²) in [5.74, 6) is 7.77. The van der Waals surface area contributed by atoms with E-state index in [1.54, 1.807) is 0 Å². The van der Waals surface area contributed by atoms with Gasteiger partial charge in [0.2, 0.25) is 0 Å². The second-order valence-electron chi connectivity index (χ2n) is 4.95. The molecule has 0 saturated carbocycles. The molecule has 1 aromatic rings. The van der Waals surface area contributed by atoms with Gasteiger partial charge in [-0.2, -0.15) is 0 Å². The van der Waals surface area contributed by atoms with Gasteiger partial charge in [0.05, 0.1) is 6.61 Å². The zero-order valence-corrected chi connectivity index (χ0v) is 13.5. The van der Waals surface area contributed by atoms with Crippen LogP contribution in [0.1, 0.15) is 50.3 Å². The lowest BCUT2D eigenvalue weighted by Crippen LogP contribution is -2.10. The van der Waals surface area contributed by atoms with Crippen LogP contribution in [-0.4, -0.2) is 6.61 Å². The smallest absolute Gasteiger partial charge is 0.126 e. The molecule has 0 fully saturated rings. The first kappa shape index (κ1) is 15.9. The fraction of sp³-hybridized carbons (Fsp3) is 0.529. The molecule has 0 aliphatic carbocycles. The molecule has 0 spiro atoms. The van der Waals surface area contributed by atoms with Gasteiger partial charge in [0.25, 0.3) is 0 Å². The average molecular weight is 279 g/mol. The lowest BCUT2D eigenvalue weighted by molar-refractivity contribution is 0.330. The molecule has 0 aromatic heterocycles. The fourth-order valence-electron chi connectivity index (χ4n) is 2.36. The van der Waals surface area contributed by atoms with Gasteiger partial charge in [0, 0.05) is 16.5 Å². The summed E-state index contributed by atoms with van der Waals surface area (Å²) in [5.41, 5.74) is 3.39. The quantitative estimate of drug-likeness (QED) is 0.695. The fourth-order valence-corrected chi connectivity index (χ4v) is 2.63. The molecule has 0 heterocycles. The Balaban J connectivity index is 3.40. The maximum absolute atomic E-state index is 6.33. The van der Waals surface area contributed by atoms with E-state index in [0.717, 1.165) is 21.9 Å². The summed E-state index contributed by atoms with van der Waals surface area (Å²) >= 11 is 6.33. The zero-order valence-electron chi connectivity index (χ0n) is 12.7. The molecule has 1 aromatic carbocycles. The van der Waals surface area contributed by atoms with E-state index >= 15 is 0 Å². The lowest BCUT2D eigenvalue weighted by Gasteiger charge is -2.24. The van der Waals surface area contributed by atoms with E-state index in [1.165, 1.54) is 5.56 Å². The van der Waals surface area contributed by atoms with Crippen LogP contribution >= 0.6 is 11.6 Å². The van der Waals surface area contributed by atoms with Crippen molar-refractivity contribution in [2.45, 2.75) is 47.5 Å². The predicted molar refractivity (Wildman–Crippen MR) is 83.1 cm³/mol. The molecule has 19 heavy (non-hydrogen) atoms. The van der Waals surface area contributed by atoms with E-state index in [-0.39, 0.29) is 5.92 Å². The van der Waals surface area contributed by atoms with Crippen molar-refractivity contribution in [2.75, 3.05) is 6.61 Å². The largest absolute Gasteiger partial charge is 0.493 e. The Bertz CT molecular complexity index is 508. The summed E-state index contributed by atoms with van der Waals surface area (Å²) in [6, 6.07) is 1.98. The summed E-state index contributed by atoms with van der Waals surface area (Å²) in [5, 5.41) is 0.805. The number of hydrogen-bond donors (Lipinski definition) is 0. The second-order valence-corrected chi connectivity index (χ2v) is 5.35. The highest BCUT2D eigenvalue weighted by molar-refractivity contribution is 6.31. The average Bonchev–Trinajstić information content (AvgIpc) is 2.36. The Hall–Kier alpha value is -1.13. The number of rotatable bonds is 4. The van der Waals surface area contributed by atoms with E-state index in [4.69, 9.17) is 16.3 Å². The molecule has 2 unspecified atom stereocenters. The van der Waals surface area contributed by atoms with Crippen molar-refractivity contribution >= 4 is 11.6 Å². The Morgan fingerprint density at radius 2 is 1.95 bits per heavy atom. The first-order valence-corrected chi connectivity index (χ1v) is 7.16. The summed E-state index contributed by atoms with van der Waals surface area (Å²) in [4.78, 5) is 0. The van der Waals surface area contributed by atoms with Crippen molar-refractivity contribution in [3.05, 3.63) is 27.8 Å². The number of ether oxygens (including phenoxy) is 1. The van der Waals surface area contributed by atoms with Crippen molar-refractivity contribution < 1.29 is 4.74 Å². The van der Waals surface area contributed by atoms with Crippen molar-refractivity contribution in [1.82, 2.24) is 0 Å². The Morgan fingerprint density at radius 1 is 1.32 bits per heavy atom.